The summed E-state index contributed by atoms with van der Waals surface area (Å²) < 4.78 is 41.6. The Morgan fingerprint density at radius 3 is 2.56 bits per heavy atom. The Hall–Kier alpha value is -2.54. The minimum atomic E-state index is -4.47. The van der Waals surface area contributed by atoms with Crippen molar-refractivity contribution in [2.75, 3.05) is 6.54 Å². The minimum absolute atomic E-state index is 0.0256. The molecule has 0 saturated carbocycles. The van der Waals surface area contributed by atoms with Crippen molar-refractivity contribution < 1.29 is 18.0 Å². The lowest BCUT2D eigenvalue weighted by atomic mass is 10.1. The van der Waals surface area contributed by atoms with Crippen LogP contribution < -0.4 is 5.32 Å². The Labute approximate surface area is 159 Å². The number of benzene rings is 1. The second-order valence-corrected chi connectivity index (χ2v) is 7.25. The summed E-state index contributed by atoms with van der Waals surface area (Å²) in [6.07, 6.45) is -3.75. The zero-order valence-electron chi connectivity index (χ0n) is 14.9. The van der Waals surface area contributed by atoms with E-state index in [1.807, 2.05) is 17.5 Å². The van der Waals surface area contributed by atoms with E-state index in [1.54, 1.807) is 37.3 Å². The molecule has 3 nitrogen and oxygen atoms in total. The molecule has 0 unspecified atom stereocenters. The molecule has 3 aromatic rings. The van der Waals surface area contributed by atoms with E-state index < -0.39 is 11.7 Å². The minimum Gasteiger partial charge on any atom is -0.352 e. The molecule has 0 aliphatic carbocycles. The Morgan fingerprint density at radius 1 is 1.15 bits per heavy atom. The number of amides is 1. The predicted octanol–water partition coefficient (Wildman–Crippen LogP) is 5.15. The van der Waals surface area contributed by atoms with Crippen molar-refractivity contribution in [3.63, 3.8) is 0 Å². The number of carbonyl (C=O) groups excluding carboxylic acids is 1. The summed E-state index contributed by atoms with van der Waals surface area (Å²) in [5, 5.41) is 4.82. The molecule has 0 atom stereocenters. The van der Waals surface area contributed by atoms with Crippen LogP contribution in [0.2, 0.25) is 0 Å². The van der Waals surface area contributed by atoms with Gasteiger partial charge in [-0.2, -0.15) is 13.2 Å². The summed E-state index contributed by atoms with van der Waals surface area (Å²) in [6, 6.07) is 11.0. The van der Waals surface area contributed by atoms with Gasteiger partial charge in [0.15, 0.2) is 0 Å². The van der Waals surface area contributed by atoms with Gasteiger partial charge in [-0.3, -0.25) is 4.79 Å². The van der Waals surface area contributed by atoms with E-state index >= 15 is 0 Å². The highest BCUT2D eigenvalue weighted by atomic mass is 32.1. The van der Waals surface area contributed by atoms with E-state index in [4.69, 9.17) is 0 Å². The summed E-state index contributed by atoms with van der Waals surface area (Å²) >= 11 is 1.62. The van der Waals surface area contributed by atoms with Gasteiger partial charge in [0.25, 0.3) is 5.91 Å². The lowest BCUT2D eigenvalue weighted by Gasteiger charge is -2.16. The molecule has 0 aliphatic rings. The third-order valence-electron chi connectivity index (χ3n) is 4.36. The SMILES string of the molecule is Cc1cc(C(=O)NCCc2cccs2)c(C)n1-c1ccccc1C(F)(F)F. The molecule has 142 valence electrons. The van der Waals surface area contributed by atoms with Crippen LogP contribution in [0.1, 0.15) is 32.2 Å². The molecule has 1 amide bonds. The molecule has 0 radical (unpaired) electrons. The molecule has 1 aromatic carbocycles. The summed E-state index contributed by atoms with van der Waals surface area (Å²) in [5.74, 6) is -0.282. The Balaban J connectivity index is 1.86. The molecule has 27 heavy (non-hydrogen) atoms. The number of halogens is 3. The zero-order valence-corrected chi connectivity index (χ0v) is 15.7. The molecule has 0 bridgehead atoms. The van der Waals surface area contributed by atoms with Crippen LogP contribution in [-0.4, -0.2) is 17.0 Å². The van der Waals surface area contributed by atoms with Crippen molar-refractivity contribution in [3.05, 3.63) is 75.2 Å². The largest absolute Gasteiger partial charge is 0.418 e. The zero-order chi connectivity index (χ0) is 19.6. The number of hydrogen-bond donors (Lipinski definition) is 1. The molecule has 3 rings (SSSR count). The van der Waals surface area contributed by atoms with E-state index in [0.29, 0.717) is 23.5 Å². The van der Waals surface area contributed by atoms with E-state index in [-0.39, 0.29) is 11.6 Å². The van der Waals surface area contributed by atoms with Crippen molar-refractivity contribution in [1.29, 1.82) is 0 Å². The lowest BCUT2D eigenvalue weighted by molar-refractivity contribution is -0.137. The summed E-state index contributed by atoms with van der Waals surface area (Å²) in [4.78, 5) is 13.7. The standard InChI is InChI=1S/C20H19F3N2OS/c1-13-12-16(19(26)24-10-9-15-6-5-11-27-15)14(2)25(13)18-8-4-3-7-17(18)20(21,22)23/h3-8,11-12H,9-10H2,1-2H3,(H,24,26). The molecular weight excluding hydrogens is 373 g/mol. The van der Waals surface area contributed by atoms with Gasteiger partial charge in [0, 0.05) is 22.8 Å². The summed E-state index contributed by atoms with van der Waals surface area (Å²) in [6.45, 7) is 3.83. The van der Waals surface area contributed by atoms with Gasteiger partial charge in [-0.15, -0.1) is 11.3 Å². The molecule has 0 aliphatic heterocycles. The topological polar surface area (TPSA) is 34.0 Å². The number of carbonyl (C=O) groups is 1. The van der Waals surface area contributed by atoms with Crippen molar-refractivity contribution in [2.24, 2.45) is 0 Å². The van der Waals surface area contributed by atoms with Crippen LogP contribution in [-0.2, 0) is 12.6 Å². The smallest absolute Gasteiger partial charge is 0.352 e. The molecule has 0 saturated heterocycles. The van der Waals surface area contributed by atoms with Gasteiger partial charge in [0.05, 0.1) is 16.8 Å². The Bertz CT molecular complexity index is 943. The second-order valence-electron chi connectivity index (χ2n) is 6.22. The monoisotopic (exact) mass is 392 g/mol. The van der Waals surface area contributed by atoms with Gasteiger partial charge in [-0.25, -0.2) is 0 Å². The summed E-state index contributed by atoms with van der Waals surface area (Å²) in [5.41, 5.74) is 0.746. The highest BCUT2D eigenvalue weighted by Crippen LogP contribution is 2.35. The van der Waals surface area contributed by atoms with E-state index in [1.165, 1.54) is 21.6 Å². The molecule has 7 heteroatoms. The average Bonchev–Trinajstić information content (AvgIpc) is 3.22. The fourth-order valence-corrected chi connectivity index (χ4v) is 3.83. The van der Waals surface area contributed by atoms with Gasteiger partial charge >= 0.3 is 6.18 Å². The number of nitrogens with one attached hydrogen (secondary N) is 1. The number of aryl methyl sites for hydroxylation is 1. The van der Waals surface area contributed by atoms with Crippen LogP contribution in [0.4, 0.5) is 13.2 Å². The van der Waals surface area contributed by atoms with Crippen molar-refractivity contribution in [1.82, 2.24) is 9.88 Å². The molecule has 1 N–H and O–H groups in total. The van der Waals surface area contributed by atoms with Crippen molar-refractivity contribution in [3.8, 4) is 5.69 Å². The molecule has 2 aromatic heterocycles. The van der Waals surface area contributed by atoms with Gasteiger partial charge in [0.1, 0.15) is 0 Å². The Kier molecular flexibility index (Phi) is 5.41. The van der Waals surface area contributed by atoms with Gasteiger partial charge in [-0.05, 0) is 49.9 Å². The number of hydrogen-bond acceptors (Lipinski definition) is 2. The number of rotatable bonds is 5. The number of para-hydroxylation sites is 1. The first-order valence-electron chi connectivity index (χ1n) is 8.45. The number of alkyl halides is 3. The normalized spacial score (nSPS) is 11.6. The van der Waals surface area contributed by atoms with Crippen LogP contribution in [0.5, 0.6) is 0 Å². The van der Waals surface area contributed by atoms with Crippen molar-refractivity contribution in [2.45, 2.75) is 26.4 Å². The lowest BCUT2D eigenvalue weighted by Crippen LogP contribution is -2.26. The highest BCUT2D eigenvalue weighted by Gasteiger charge is 2.34. The van der Waals surface area contributed by atoms with E-state index in [2.05, 4.69) is 5.32 Å². The number of thiophene rings is 1. The fraction of sp³-hybridized carbons (Fsp3) is 0.250. The first kappa shape index (κ1) is 19.2. The maximum atomic E-state index is 13.4. The van der Waals surface area contributed by atoms with Gasteiger partial charge in [-0.1, -0.05) is 18.2 Å². The molecule has 2 heterocycles. The van der Waals surface area contributed by atoms with Crippen LogP contribution >= 0.6 is 11.3 Å². The van der Waals surface area contributed by atoms with Gasteiger partial charge < -0.3 is 9.88 Å². The maximum absolute atomic E-state index is 13.4. The third kappa shape index (κ3) is 4.08. The maximum Gasteiger partial charge on any atom is 0.418 e. The molecule has 0 fully saturated rings. The van der Waals surface area contributed by atoms with Gasteiger partial charge in [0.2, 0.25) is 0 Å². The number of aromatic nitrogens is 1. The summed E-state index contributed by atoms with van der Waals surface area (Å²) in [7, 11) is 0. The van der Waals surface area contributed by atoms with Crippen LogP contribution in [0, 0.1) is 13.8 Å². The second kappa shape index (κ2) is 7.60. The fourth-order valence-electron chi connectivity index (χ4n) is 3.12. The first-order chi connectivity index (χ1) is 12.8. The average molecular weight is 392 g/mol. The van der Waals surface area contributed by atoms with E-state index in [0.717, 1.165) is 12.5 Å². The van der Waals surface area contributed by atoms with Crippen LogP contribution in [0.25, 0.3) is 5.69 Å². The van der Waals surface area contributed by atoms with Crippen molar-refractivity contribution >= 4 is 17.2 Å². The van der Waals surface area contributed by atoms with E-state index in [9.17, 15) is 18.0 Å². The predicted molar refractivity (Wildman–Crippen MR) is 101 cm³/mol. The highest BCUT2D eigenvalue weighted by molar-refractivity contribution is 7.09. The third-order valence-corrected chi connectivity index (χ3v) is 5.30. The van der Waals surface area contributed by atoms with Crippen LogP contribution in [0.3, 0.4) is 0 Å². The number of nitrogens with zero attached hydrogens (tertiary/aromatic N) is 1. The van der Waals surface area contributed by atoms with Crippen LogP contribution in [0.15, 0.2) is 47.8 Å². The molecular formula is C20H19F3N2OS. The quantitative estimate of drug-likeness (QED) is 0.640. The Morgan fingerprint density at radius 2 is 1.89 bits per heavy atom. The first-order valence-corrected chi connectivity index (χ1v) is 9.33. The molecule has 0 spiro atoms.